The van der Waals surface area contributed by atoms with E-state index in [-0.39, 0.29) is 11.7 Å². The highest BCUT2D eigenvalue weighted by atomic mass is 35.5. The summed E-state index contributed by atoms with van der Waals surface area (Å²) in [5.74, 6) is -0.150. The zero-order chi connectivity index (χ0) is 16.2. The molecule has 6 nitrogen and oxygen atoms in total. The van der Waals surface area contributed by atoms with E-state index in [1.807, 2.05) is 12.1 Å². The molecule has 1 aromatic carbocycles. The van der Waals surface area contributed by atoms with Crippen molar-refractivity contribution < 1.29 is 14.3 Å². The van der Waals surface area contributed by atoms with Gasteiger partial charge in [-0.3, -0.25) is 4.79 Å². The number of amides is 1. The lowest BCUT2D eigenvalue weighted by atomic mass is 10.2. The van der Waals surface area contributed by atoms with Crippen LogP contribution in [-0.4, -0.2) is 57.2 Å². The van der Waals surface area contributed by atoms with E-state index in [9.17, 15) is 4.79 Å². The van der Waals surface area contributed by atoms with Crippen LogP contribution in [-0.2, 0) is 14.3 Å². The number of carbonyl (C=O) groups excluding carboxylic acids is 1. The molecule has 0 bridgehead atoms. The Morgan fingerprint density at radius 3 is 2.70 bits per heavy atom. The number of piperazine rings is 1. The molecule has 1 N–H and O–H groups in total. The van der Waals surface area contributed by atoms with E-state index in [0.717, 1.165) is 31.9 Å². The van der Waals surface area contributed by atoms with Gasteiger partial charge in [0.15, 0.2) is 0 Å². The SMILES string of the molecule is CN1CCN(c2ccc(Cl)cc2NC(=O)C2=COCCO2)CC1. The highest BCUT2D eigenvalue weighted by molar-refractivity contribution is 6.31. The van der Waals surface area contributed by atoms with Crippen molar-refractivity contribution in [2.24, 2.45) is 0 Å². The lowest BCUT2D eigenvalue weighted by Crippen LogP contribution is -2.44. The molecule has 1 amide bonds. The summed E-state index contributed by atoms with van der Waals surface area (Å²) < 4.78 is 10.4. The lowest BCUT2D eigenvalue weighted by molar-refractivity contribution is -0.117. The lowest BCUT2D eigenvalue weighted by Gasteiger charge is -2.35. The molecule has 23 heavy (non-hydrogen) atoms. The van der Waals surface area contributed by atoms with Crippen molar-refractivity contribution in [3.63, 3.8) is 0 Å². The summed E-state index contributed by atoms with van der Waals surface area (Å²) in [6, 6.07) is 5.54. The molecule has 2 heterocycles. The molecule has 3 rings (SSSR count). The molecule has 0 radical (unpaired) electrons. The third kappa shape index (κ3) is 3.89. The topological polar surface area (TPSA) is 54.0 Å². The van der Waals surface area contributed by atoms with E-state index in [1.54, 1.807) is 6.07 Å². The van der Waals surface area contributed by atoms with Gasteiger partial charge in [0.05, 0.1) is 11.4 Å². The monoisotopic (exact) mass is 337 g/mol. The van der Waals surface area contributed by atoms with Gasteiger partial charge < -0.3 is 24.6 Å². The first-order valence-electron chi connectivity index (χ1n) is 7.62. The van der Waals surface area contributed by atoms with Crippen LogP contribution in [0.15, 0.2) is 30.2 Å². The van der Waals surface area contributed by atoms with Crippen molar-refractivity contribution >= 4 is 28.9 Å². The fraction of sp³-hybridized carbons (Fsp3) is 0.438. The summed E-state index contributed by atoms with van der Waals surface area (Å²) in [4.78, 5) is 16.8. The second kappa shape index (κ2) is 7.10. The van der Waals surface area contributed by atoms with Gasteiger partial charge in [-0.2, -0.15) is 0 Å². The molecular formula is C16H20ClN3O3. The highest BCUT2D eigenvalue weighted by Gasteiger charge is 2.21. The first kappa shape index (κ1) is 16.0. The normalized spacial score (nSPS) is 18.7. The van der Waals surface area contributed by atoms with Gasteiger partial charge in [0.25, 0.3) is 5.91 Å². The molecule has 1 saturated heterocycles. The van der Waals surface area contributed by atoms with Gasteiger partial charge in [0.1, 0.15) is 19.5 Å². The fourth-order valence-electron chi connectivity index (χ4n) is 2.60. The molecule has 0 atom stereocenters. The standard InChI is InChI=1S/C16H20ClN3O3/c1-19-4-6-20(7-5-19)14-3-2-12(17)10-13(14)18-16(21)15-11-22-8-9-23-15/h2-3,10-11H,4-9H2,1H3,(H,18,21). The molecule has 0 spiro atoms. The maximum absolute atomic E-state index is 12.3. The van der Waals surface area contributed by atoms with Gasteiger partial charge in [0, 0.05) is 31.2 Å². The average Bonchev–Trinajstić information content (AvgIpc) is 2.57. The molecule has 0 aromatic heterocycles. The first-order chi connectivity index (χ1) is 11.1. The van der Waals surface area contributed by atoms with Crippen molar-refractivity contribution in [1.82, 2.24) is 4.90 Å². The minimum absolute atomic E-state index is 0.181. The Hall–Kier alpha value is -1.92. The van der Waals surface area contributed by atoms with Crippen LogP contribution in [0.5, 0.6) is 0 Å². The smallest absolute Gasteiger partial charge is 0.294 e. The second-order valence-electron chi connectivity index (χ2n) is 5.61. The number of anilines is 2. The van der Waals surface area contributed by atoms with Gasteiger partial charge >= 0.3 is 0 Å². The maximum atomic E-state index is 12.3. The van der Waals surface area contributed by atoms with Gasteiger partial charge in [-0.05, 0) is 25.2 Å². The second-order valence-corrected chi connectivity index (χ2v) is 6.04. The van der Waals surface area contributed by atoms with Crippen LogP contribution in [0.1, 0.15) is 0 Å². The Bertz CT molecular complexity index is 613. The number of carbonyl (C=O) groups is 1. The first-order valence-corrected chi connectivity index (χ1v) is 8.00. The van der Waals surface area contributed by atoms with Crippen LogP contribution in [0.3, 0.4) is 0 Å². The minimum Gasteiger partial charge on any atom is -0.494 e. The van der Waals surface area contributed by atoms with E-state index < -0.39 is 0 Å². The van der Waals surface area contributed by atoms with Crippen LogP contribution in [0.2, 0.25) is 5.02 Å². The van der Waals surface area contributed by atoms with Crippen LogP contribution in [0.4, 0.5) is 11.4 Å². The van der Waals surface area contributed by atoms with Gasteiger partial charge in [-0.25, -0.2) is 0 Å². The summed E-state index contributed by atoms with van der Waals surface area (Å²) in [6.07, 6.45) is 1.35. The van der Waals surface area contributed by atoms with Gasteiger partial charge in [0.2, 0.25) is 5.76 Å². The van der Waals surface area contributed by atoms with Crippen molar-refractivity contribution in [2.45, 2.75) is 0 Å². The number of nitrogens with one attached hydrogen (secondary N) is 1. The van der Waals surface area contributed by atoms with Crippen LogP contribution in [0.25, 0.3) is 0 Å². The molecule has 2 aliphatic rings. The molecular weight excluding hydrogens is 318 g/mol. The molecule has 2 aliphatic heterocycles. The van der Waals surface area contributed by atoms with E-state index in [2.05, 4.69) is 22.2 Å². The minimum atomic E-state index is -0.331. The van der Waals surface area contributed by atoms with Crippen molar-refractivity contribution in [3.05, 3.63) is 35.2 Å². The zero-order valence-electron chi connectivity index (χ0n) is 13.0. The number of benzene rings is 1. The van der Waals surface area contributed by atoms with Crippen LogP contribution >= 0.6 is 11.6 Å². The summed E-state index contributed by atoms with van der Waals surface area (Å²) >= 11 is 6.10. The number of hydrogen-bond acceptors (Lipinski definition) is 5. The average molecular weight is 338 g/mol. The van der Waals surface area contributed by atoms with E-state index >= 15 is 0 Å². The highest BCUT2D eigenvalue weighted by Crippen LogP contribution is 2.30. The zero-order valence-corrected chi connectivity index (χ0v) is 13.8. The quantitative estimate of drug-likeness (QED) is 0.913. The van der Waals surface area contributed by atoms with Gasteiger partial charge in [-0.15, -0.1) is 0 Å². The number of rotatable bonds is 3. The molecule has 0 aliphatic carbocycles. The third-order valence-electron chi connectivity index (χ3n) is 3.92. The molecule has 7 heteroatoms. The largest absolute Gasteiger partial charge is 0.494 e. The summed E-state index contributed by atoms with van der Waals surface area (Å²) in [7, 11) is 2.11. The Balaban J connectivity index is 1.79. The predicted octanol–water partition coefficient (Wildman–Crippen LogP) is 1.92. The molecule has 0 unspecified atom stereocenters. The van der Waals surface area contributed by atoms with Crippen molar-refractivity contribution in [2.75, 3.05) is 56.7 Å². The summed E-state index contributed by atoms with van der Waals surface area (Å²) in [6.45, 7) is 4.61. The fourth-order valence-corrected chi connectivity index (χ4v) is 2.77. The summed E-state index contributed by atoms with van der Waals surface area (Å²) in [5.41, 5.74) is 1.65. The Labute approximate surface area is 140 Å². The number of halogens is 1. The van der Waals surface area contributed by atoms with Crippen molar-refractivity contribution in [3.8, 4) is 0 Å². The number of likely N-dealkylation sites (N-methyl/N-ethyl adjacent to an activating group) is 1. The summed E-state index contributed by atoms with van der Waals surface area (Å²) in [5, 5.41) is 3.45. The molecule has 0 saturated carbocycles. The van der Waals surface area contributed by atoms with Gasteiger partial charge in [-0.1, -0.05) is 11.6 Å². The molecule has 124 valence electrons. The molecule has 1 aromatic rings. The Kier molecular flexibility index (Phi) is 4.93. The van der Waals surface area contributed by atoms with Crippen molar-refractivity contribution in [1.29, 1.82) is 0 Å². The maximum Gasteiger partial charge on any atom is 0.294 e. The predicted molar refractivity (Wildman–Crippen MR) is 89.8 cm³/mol. The third-order valence-corrected chi connectivity index (χ3v) is 4.16. The Morgan fingerprint density at radius 1 is 1.22 bits per heavy atom. The van der Waals surface area contributed by atoms with Crippen LogP contribution < -0.4 is 10.2 Å². The number of hydrogen-bond donors (Lipinski definition) is 1. The number of nitrogens with zero attached hydrogens (tertiary/aromatic N) is 2. The van der Waals surface area contributed by atoms with Crippen LogP contribution in [0, 0.1) is 0 Å². The molecule has 1 fully saturated rings. The number of ether oxygens (including phenoxy) is 2. The van der Waals surface area contributed by atoms with E-state index in [1.165, 1.54) is 6.26 Å². The van der Waals surface area contributed by atoms with E-state index in [0.29, 0.717) is 23.9 Å². The van der Waals surface area contributed by atoms with E-state index in [4.69, 9.17) is 21.1 Å². The Morgan fingerprint density at radius 2 is 2.00 bits per heavy atom.